The molecule has 0 saturated carbocycles. The molecule has 2 aromatic rings. The first kappa shape index (κ1) is 17.4. The van der Waals surface area contributed by atoms with Crippen molar-refractivity contribution in [3.05, 3.63) is 59.7 Å². The molecule has 1 heterocycles. The zero-order valence-electron chi connectivity index (χ0n) is 14.8. The number of allylic oxidation sites excluding steroid dienone is 1. The molecule has 1 aliphatic heterocycles. The van der Waals surface area contributed by atoms with Crippen LogP contribution in [0.4, 0.5) is 0 Å². The maximum absolute atomic E-state index is 12.7. The van der Waals surface area contributed by atoms with E-state index in [2.05, 4.69) is 19.2 Å². The summed E-state index contributed by atoms with van der Waals surface area (Å²) < 4.78 is 10.5. The topological polar surface area (TPSA) is 47.6 Å². The Morgan fingerprint density at radius 2 is 1.68 bits per heavy atom. The van der Waals surface area contributed by atoms with Crippen molar-refractivity contribution in [3.63, 3.8) is 0 Å². The Labute approximate surface area is 152 Å². The van der Waals surface area contributed by atoms with Crippen molar-refractivity contribution < 1.29 is 14.3 Å². The van der Waals surface area contributed by atoms with Crippen LogP contribution in [0.2, 0.25) is 0 Å². The molecule has 1 aliphatic rings. The quantitative estimate of drug-likeness (QED) is 0.652. The van der Waals surface area contributed by atoms with Crippen molar-refractivity contribution in [2.24, 2.45) is 0 Å². The van der Waals surface area contributed by atoms with E-state index in [1.807, 2.05) is 18.2 Å². The first-order valence-electron chi connectivity index (χ1n) is 7.97. The number of carbonyl (C=O) groups is 1. The summed E-state index contributed by atoms with van der Waals surface area (Å²) in [5.74, 6) is 1.44. The van der Waals surface area contributed by atoms with E-state index in [0.29, 0.717) is 5.56 Å². The molecule has 0 radical (unpaired) electrons. The lowest BCUT2D eigenvalue weighted by molar-refractivity contribution is 0.104. The third kappa shape index (κ3) is 3.82. The lowest BCUT2D eigenvalue weighted by Crippen LogP contribution is -2.37. The Balaban J connectivity index is 1.99. The average molecular weight is 355 g/mol. The van der Waals surface area contributed by atoms with Gasteiger partial charge in [-0.2, -0.15) is 0 Å². The van der Waals surface area contributed by atoms with Crippen molar-refractivity contribution in [2.45, 2.75) is 23.6 Å². The van der Waals surface area contributed by atoms with E-state index < -0.39 is 0 Å². The molecular formula is C20H21NO3S. The van der Waals surface area contributed by atoms with E-state index in [1.54, 1.807) is 56.3 Å². The second-order valence-corrected chi connectivity index (χ2v) is 7.91. The molecule has 0 atom stereocenters. The van der Waals surface area contributed by atoms with Crippen molar-refractivity contribution in [3.8, 4) is 11.5 Å². The standard InChI is InChI=1S/C20H21NO3S/c1-20(2)21-17(16-11-15(24-4)9-10-19(16)25-20)12-18(22)13-5-7-14(23-3)8-6-13/h5-12,21H,1-4H3. The van der Waals surface area contributed by atoms with Crippen molar-refractivity contribution in [2.75, 3.05) is 14.2 Å². The molecule has 0 aliphatic carbocycles. The van der Waals surface area contributed by atoms with E-state index in [9.17, 15) is 4.79 Å². The van der Waals surface area contributed by atoms with Gasteiger partial charge in [0.05, 0.1) is 19.1 Å². The number of benzene rings is 2. The van der Waals surface area contributed by atoms with Gasteiger partial charge < -0.3 is 14.8 Å². The molecule has 0 fully saturated rings. The van der Waals surface area contributed by atoms with Gasteiger partial charge in [-0.05, 0) is 56.3 Å². The lowest BCUT2D eigenvalue weighted by Gasteiger charge is -2.34. The number of hydrogen-bond donors (Lipinski definition) is 1. The molecule has 0 aromatic heterocycles. The van der Waals surface area contributed by atoms with Crippen molar-refractivity contribution in [1.29, 1.82) is 0 Å². The Bertz CT molecular complexity index is 825. The second-order valence-electron chi connectivity index (χ2n) is 6.25. The SMILES string of the molecule is COc1ccc(C(=O)C=C2NC(C)(C)Sc3ccc(OC)cc32)cc1. The minimum Gasteiger partial charge on any atom is -0.497 e. The summed E-state index contributed by atoms with van der Waals surface area (Å²) in [4.78, 5) is 13.6. The molecule has 5 heteroatoms. The molecule has 0 spiro atoms. The number of fused-ring (bicyclic) bond motifs is 1. The molecule has 1 N–H and O–H groups in total. The largest absolute Gasteiger partial charge is 0.497 e. The van der Waals surface area contributed by atoms with Gasteiger partial charge in [-0.3, -0.25) is 4.79 Å². The predicted molar refractivity (Wildman–Crippen MR) is 101 cm³/mol. The number of carbonyl (C=O) groups excluding carboxylic acids is 1. The first-order valence-corrected chi connectivity index (χ1v) is 8.79. The van der Waals surface area contributed by atoms with Gasteiger partial charge in [-0.1, -0.05) is 11.8 Å². The smallest absolute Gasteiger partial charge is 0.187 e. The van der Waals surface area contributed by atoms with E-state index in [1.165, 1.54) is 0 Å². The Morgan fingerprint density at radius 1 is 1.04 bits per heavy atom. The molecule has 0 unspecified atom stereocenters. The summed E-state index contributed by atoms with van der Waals surface area (Å²) in [5.41, 5.74) is 2.40. The van der Waals surface area contributed by atoms with Crippen LogP contribution < -0.4 is 14.8 Å². The third-order valence-electron chi connectivity index (χ3n) is 3.93. The van der Waals surface area contributed by atoms with Gasteiger partial charge in [0, 0.05) is 27.8 Å². The number of ether oxygens (including phenoxy) is 2. The normalized spacial score (nSPS) is 16.7. The molecule has 25 heavy (non-hydrogen) atoms. The minimum absolute atomic E-state index is 0.0541. The van der Waals surface area contributed by atoms with Crippen LogP contribution in [0.25, 0.3) is 5.70 Å². The molecule has 0 bridgehead atoms. The predicted octanol–water partition coefficient (Wildman–Crippen LogP) is 4.36. The first-order chi connectivity index (χ1) is 11.9. The molecule has 130 valence electrons. The molecule has 3 rings (SSSR count). The summed E-state index contributed by atoms with van der Waals surface area (Å²) in [6.45, 7) is 4.19. The van der Waals surface area contributed by atoms with E-state index in [-0.39, 0.29) is 10.7 Å². The van der Waals surface area contributed by atoms with Gasteiger partial charge in [0.2, 0.25) is 0 Å². The molecular weight excluding hydrogens is 334 g/mol. The van der Waals surface area contributed by atoms with E-state index in [4.69, 9.17) is 9.47 Å². The third-order valence-corrected chi connectivity index (χ3v) is 5.12. The molecule has 0 saturated heterocycles. The highest BCUT2D eigenvalue weighted by Crippen LogP contribution is 2.42. The van der Waals surface area contributed by atoms with Gasteiger partial charge in [0.15, 0.2) is 5.78 Å². The lowest BCUT2D eigenvalue weighted by atomic mass is 10.0. The summed E-state index contributed by atoms with van der Waals surface area (Å²) >= 11 is 1.73. The fraction of sp³-hybridized carbons (Fsp3) is 0.250. The summed E-state index contributed by atoms with van der Waals surface area (Å²) in [6.07, 6.45) is 1.65. The number of thioether (sulfide) groups is 1. The van der Waals surface area contributed by atoms with Gasteiger partial charge in [0.1, 0.15) is 11.5 Å². The van der Waals surface area contributed by atoms with Crippen LogP contribution in [0.15, 0.2) is 53.4 Å². The van der Waals surface area contributed by atoms with Gasteiger partial charge in [-0.25, -0.2) is 0 Å². The van der Waals surface area contributed by atoms with Crippen molar-refractivity contribution in [1.82, 2.24) is 5.32 Å². The highest BCUT2D eigenvalue weighted by molar-refractivity contribution is 8.00. The summed E-state index contributed by atoms with van der Waals surface area (Å²) in [6, 6.07) is 13.1. The Morgan fingerprint density at radius 3 is 2.32 bits per heavy atom. The van der Waals surface area contributed by atoms with Gasteiger partial charge >= 0.3 is 0 Å². The number of hydrogen-bond acceptors (Lipinski definition) is 5. The summed E-state index contributed by atoms with van der Waals surface area (Å²) in [7, 11) is 3.25. The zero-order valence-corrected chi connectivity index (χ0v) is 15.6. The number of ketones is 1. The average Bonchev–Trinajstić information content (AvgIpc) is 2.60. The van der Waals surface area contributed by atoms with Gasteiger partial charge in [0.25, 0.3) is 0 Å². The number of rotatable bonds is 4. The van der Waals surface area contributed by atoms with Gasteiger partial charge in [-0.15, -0.1) is 0 Å². The number of methoxy groups -OCH3 is 2. The van der Waals surface area contributed by atoms with Crippen LogP contribution in [0.5, 0.6) is 11.5 Å². The maximum Gasteiger partial charge on any atom is 0.187 e. The molecule has 0 amide bonds. The Kier molecular flexibility index (Phi) is 4.77. The van der Waals surface area contributed by atoms with Crippen LogP contribution in [-0.4, -0.2) is 24.9 Å². The van der Waals surface area contributed by atoms with E-state index in [0.717, 1.165) is 27.7 Å². The Hall–Kier alpha value is -2.40. The van der Waals surface area contributed by atoms with Crippen LogP contribution >= 0.6 is 11.8 Å². The maximum atomic E-state index is 12.7. The van der Waals surface area contributed by atoms with Crippen LogP contribution in [0.3, 0.4) is 0 Å². The van der Waals surface area contributed by atoms with Crippen molar-refractivity contribution >= 4 is 23.2 Å². The fourth-order valence-electron chi connectivity index (χ4n) is 2.71. The van der Waals surface area contributed by atoms with Crippen LogP contribution in [0.1, 0.15) is 29.8 Å². The fourth-order valence-corrected chi connectivity index (χ4v) is 3.84. The number of nitrogens with one attached hydrogen (secondary N) is 1. The van der Waals surface area contributed by atoms with Crippen LogP contribution in [0, 0.1) is 0 Å². The zero-order chi connectivity index (χ0) is 18.0. The monoisotopic (exact) mass is 355 g/mol. The minimum atomic E-state index is -0.201. The van der Waals surface area contributed by atoms with E-state index >= 15 is 0 Å². The summed E-state index contributed by atoms with van der Waals surface area (Å²) in [5, 5.41) is 3.45. The molecule has 2 aromatic carbocycles. The highest BCUT2D eigenvalue weighted by atomic mass is 32.2. The second kappa shape index (κ2) is 6.84. The highest BCUT2D eigenvalue weighted by Gasteiger charge is 2.29. The van der Waals surface area contributed by atoms with Crippen LogP contribution in [-0.2, 0) is 0 Å². The molecule has 4 nitrogen and oxygen atoms in total.